The van der Waals surface area contributed by atoms with Gasteiger partial charge in [-0.25, -0.2) is 4.79 Å². The van der Waals surface area contributed by atoms with Crippen molar-refractivity contribution in [2.45, 2.75) is 26.2 Å². The van der Waals surface area contributed by atoms with Crippen LogP contribution in [-0.4, -0.2) is 30.3 Å². The van der Waals surface area contributed by atoms with E-state index in [1.807, 2.05) is 6.92 Å². The molecule has 0 bridgehead atoms. The van der Waals surface area contributed by atoms with E-state index in [9.17, 15) is 14.7 Å². The maximum absolute atomic E-state index is 11.6. The Morgan fingerprint density at radius 2 is 1.84 bits per heavy atom. The fourth-order valence-electron chi connectivity index (χ4n) is 1.41. The molecule has 0 spiro atoms. The van der Waals surface area contributed by atoms with Crippen LogP contribution >= 0.6 is 0 Å². The Morgan fingerprint density at radius 1 is 1.16 bits per heavy atom. The average molecular weight is 266 g/mol. The minimum atomic E-state index is -0.636. The fourth-order valence-corrected chi connectivity index (χ4v) is 1.41. The number of phenols is 1. The van der Waals surface area contributed by atoms with Crippen LogP contribution in [0, 0.1) is 0 Å². The molecule has 19 heavy (non-hydrogen) atoms. The van der Waals surface area contributed by atoms with Crippen LogP contribution in [0.25, 0.3) is 0 Å². The summed E-state index contributed by atoms with van der Waals surface area (Å²) in [6, 6.07) is 6.11. The number of hydrogen-bond acceptors (Lipinski definition) is 5. The highest BCUT2D eigenvalue weighted by atomic mass is 16.6. The smallest absolute Gasteiger partial charge is 0.342 e. The van der Waals surface area contributed by atoms with Gasteiger partial charge in [0.05, 0.1) is 0 Å². The lowest BCUT2D eigenvalue weighted by atomic mass is 10.2. The summed E-state index contributed by atoms with van der Waals surface area (Å²) in [7, 11) is 0. The van der Waals surface area contributed by atoms with Crippen molar-refractivity contribution < 1.29 is 24.2 Å². The first-order valence-corrected chi connectivity index (χ1v) is 6.26. The Hall–Kier alpha value is -2.04. The van der Waals surface area contributed by atoms with Gasteiger partial charge in [-0.05, 0) is 18.6 Å². The molecule has 0 saturated carbocycles. The second-order valence-electron chi connectivity index (χ2n) is 3.98. The molecule has 104 valence electrons. The van der Waals surface area contributed by atoms with Crippen molar-refractivity contribution in [3.63, 3.8) is 0 Å². The van der Waals surface area contributed by atoms with E-state index in [1.54, 1.807) is 12.1 Å². The maximum atomic E-state index is 11.6. The summed E-state index contributed by atoms with van der Waals surface area (Å²) in [5, 5.41) is 9.44. The van der Waals surface area contributed by atoms with Gasteiger partial charge in [-0.15, -0.1) is 0 Å². The van der Waals surface area contributed by atoms with E-state index in [0.717, 1.165) is 12.8 Å². The lowest BCUT2D eigenvalue weighted by Gasteiger charge is -2.07. The molecule has 1 aromatic rings. The predicted molar refractivity (Wildman–Crippen MR) is 68.9 cm³/mol. The molecule has 0 aromatic heterocycles. The SMILES string of the molecule is CCCCC(=O)OCCOC(=O)c1ccccc1O. The highest BCUT2D eigenvalue weighted by molar-refractivity contribution is 5.92. The number of unbranched alkanes of at least 4 members (excludes halogenated alkanes) is 1. The number of ether oxygens (including phenoxy) is 2. The van der Waals surface area contributed by atoms with Crippen LogP contribution < -0.4 is 0 Å². The quantitative estimate of drug-likeness (QED) is 0.605. The van der Waals surface area contributed by atoms with Crippen LogP contribution in [0.1, 0.15) is 36.5 Å². The first kappa shape index (κ1) is 15.0. The van der Waals surface area contributed by atoms with Crippen LogP contribution in [0.4, 0.5) is 0 Å². The maximum Gasteiger partial charge on any atom is 0.342 e. The summed E-state index contributed by atoms with van der Waals surface area (Å²) in [6.07, 6.45) is 2.10. The van der Waals surface area contributed by atoms with Crippen molar-refractivity contribution in [3.8, 4) is 5.75 Å². The average Bonchev–Trinajstić information content (AvgIpc) is 2.41. The van der Waals surface area contributed by atoms with Crippen LogP contribution in [0.15, 0.2) is 24.3 Å². The van der Waals surface area contributed by atoms with E-state index in [1.165, 1.54) is 12.1 Å². The Labute approximate surface area is 112 Å². The molecule has 0 unspecified atom stereocenters. The van der Waals surface area contributed by atoms with E-state index in [2.05, 4.69) is 0 Å². The van der Waals surface area contributed by atoms with E-state index in [0.29, 0.717) is 6.42 Å². The second kappa shape index (κ2) is 8.13. The van der Waals surface area contributed by atoms with Crippen LogP contribution in [0.3, 0.4) is 0 Å². The van der Waals surface area contributed by atoms with Crippen LogP contribution in [0.5, 0.6) is 5.75 Å². The fraction of sp³-hybridized carbons (Fsp3) is 0.429. The molecule has 1 aromatic carbocycles. The zero-order valence-corrected chi connectivity index (χ0v) is 10.9. The lowest BCUT2D eigenvalue weighted by molar-refractivity contribution is -0.144. The molecule has 0 heterocycles. The van der Waals surface area contributed by atoms with Crippen molar-refractivity contribution in [1.82, 2.24) is 0 Å². The molecule has 0 aliphatic rings. The first-order chi connectivity index (χ1) is 9.15. The van der Waals surface area contributed by atoms with E-state index in [4.69, 9.17) is 9.47 Å². The Kier molecular flexibility index (Phi) is 6.43. The summed E-state index contributed by atoms with van der Waals surface area (Å²) in [4.78, 5) is 22.7. The van der Waals surface area contributed by atoms with E-state index in [-0.39, 0.29) is 30.5 Å². The monoisotopic (exact) mass is 266 g/mol. The molecular formula is C14H18O5. The standard InChI is InChI=1S/C14H18O5/c1-2-3-8-13(16)18-9-10-19-14(17)11-6-4-5-7-12(11)15/h4-7,15H,2-3,8-10H2,1H3. The highest BCUT2D eigenvalue weighted by Gasteiger charge is 2.11. The summed E-state index contributed by atoms with van der Waals surface area (Å²) in [5.74, 6) is -1.06. The van der Waals surface area contributed by atoms with Gasteiger partial charge in [0.25, 0.3) is 0 Å². The summed E-state index contributed by atoms with van der Waals surface area (Å²) < 4.78 is 9.77. The van der Waals surface area contributed by atoms with Gasteiger partial charge in [0.15, 0.2) is 0 Å². The van der Waals surface area contributed by atoms with Crippen molar-refractivity contribution in [2.75, 3.05) is 13.2 Å². The molecule has 0 saturated heterocycles. The van der Waals surface area contributed by atoms with Gasteiger partial charge in [-0.1, -0.05) is 25.5 Å². The summed E-state index contributed by atoms with van der Waals surface area (Å²) >= 11 is 0. The number of carbonyl (C=O) groups is 2. The van der Waals surface area contributed by atoms with Gasteiger partial charge < -0.3 is 14.6 Å². The van der Waals surface area contributed by atoms with Gasteiger partial charge >= 0.3 is 11.9 Å². The van der Waals surface area contributed by atoms with Crippen molar-refractivity contribution in [1.29, 1.82) is 0 Å². The number of benzene rings is 1. The number of phenolic OH excluding ortho intramolecular Hbond substituents is 1. The minimum Gasteiger partial charge on any atom is -0.507 e. The Morgan fingerprint density at radius 3 is 2.53 bits per heavy atom. The molecule has 0 atom stereocenters. The molecular weight excluding hydrogens is 248 g/mol. The van der Waals surface area contributed by atoms with Gasteiger partial charge in [-0.3, -0.25) is 4.79 Å². The zero-order chi connectivity index (χ0) is 14.1. The molecule has 5 nitrogen and oxygen atoms in total. The summed E-state index contributed by atoms with van der Waals surface area (Å²) in [6.45, 7) is 1.99. The number of rotatable bonds is 7. The number of aromatic hydroxyl groups is 1. The lowest BCUT2D eigenvalue weighted by Crippen LogP contribution is -2.14. The van der Waals surface area contributed by atoms with Crippen LogP contribution in [-0.2, 0) is 14.3 Å². The zero-order valence-electron chi connectivity index (χ0n) is 10.9. The third-order valence-corrected chi connectivity index (χ3v) is 2.44. The van der Waals surface area contributed by atoms with Crippen LogP contribution in [0.2, 0.25) is 0 Å². The third-order valence-electron chi connectivity index (χ3n) is 2.44. The topological polar surface area (TPSA) is 72.8 Å². The predicted octanol–water partition coefficient (Wildman–Crippen LogP) is 2.28. The molecule has 5 heteroatoms. The molecule has 1 rings (SSSR count). The molecule has 1 N–H and O–H groups in total. The second-order valence-corrected chi connectivity index (χ2v) is 3.98. The van der Waals surface area contributed by atoms with Gasteiger partial charge in [-0.2, -0.15) is 0 Å². The minimum absolute atomic E-state index is 0.0228. The van der Waals surface area contributed by atoms with Crippen molar-refractivity contribution in [3.05, 3.63) is 29.8 Å². The number of hydrogen-bond donors (Lipinski definition) is 1. The molecule has 0 amide bonds. The molecule has 0 aliphatic carbocycles. The first-order valence-electron chi connectivity index (χ1n) is 6.26. The summed E-state index contributed by atoms with van der Waals surface area (Å²) in [5.41, 5.74) is 0.0970. The Bertz CT molecular complexity index is 428. The van der Waals surface area contributed by atoms with Crippen molar-refractivity contribution >= 4 is 11.9 Å². The van der Waals surface area contributed by atoms with Gasteiger partial charge in [0.1, 0.15) is 24.5 Å². The Balaban J connectivity index is 2.25. The number of esters is 2. The highest BCUT2D eigenvalue weighted by Crippen LogP contribution is 2.16. The molecule has 0 radical (unpaired) electrons. The number of carbonyl (C=O) groups excluding carboxylic acids is 2. The third kappa shape index (κ3) is 5.42. The van der Waals surface area contributed by atoms with Gasteiger partial charge in [0, 0.05) is 6.42 Å². The normalized spacial score (nSPS) is 9.95. The van der Waals surface area contributed by atoms with E-state index < -0.39 is 5.97 Å². The number of para-hydroxylation sites is 1. The molecule has 0 fully saturated rings. The van der Waals surface area contributed by atoms with Gasteiger partial charge in [0.2, 0.25) is 0 Å². The van der Waals surface area contributed by atoms with Crippen molar-refractivity contribution in [2.24, 2.45) is 0 Å². The largest absolute Gasteiger partial charge is 0.507 e. The molecule has 0 aliphatic heterocycles. The van der Waals surface area contributed by atoms with E-state index >= 15 is 0 Å².